The fourth-order valence-electron chi connectivity index (χ4n) is 2.02. The molecule has 22 heavy (non-hydrogen) atoms. The maximum Gasteiger partial charge on any atom is 0.371 e. The van der Waals surface area contributed by atoms with Gasteiger partial charge in [-0.2, -0.15) is 0 Å². The monoisotopic (exact) mass is 302 g/mol. The third-order valence-electron chi connectivity index (χ3n) is 3.16. The van der Waals surface area contributed by atoms with E-state index in [4.69, 9.17) is 14.3 Å². The lowest BCUT2D eigenvalue weighted by atomic mass is 10.2. The van der Waals surface area contributed by atoms with Gasteiger partial charge in [-0.25, -0.2) is 4.79 Å². The zero-order valence-corrected chi connectivity index (χ0v) is 12.6. The number of hydrogen-bond acceptors (Lipinski definition) is 4. The summed E-state index contributed by atoms with van der Waals surface area (Å²) in [6.07, 6.45) is 1.16. The van der Waals surface area contributed by atoms with E-state index in [2.05, 4.69) is 0 Å². The van der Waals surface area contributed by atoms with Gasteiger partial charge in [-0.05, 0) is 18.9 Å². The van der Waals surface area contributed by atoms with Crippen LogP contribution in [0.5, 0.6) is 5.75 Å². The third-order valence-corrected chi connectivity index (χ3v) is 3.16. The lowest BCUT2D eigenvalue weighted by Crippen LogP contribution is -2.13. The van der Waals surface area contributed by atoms with Crippen molar-refractivity contribution >= 4 is 5.97 Å². The third kappa shape index (κ3) is 3.75. The largest absolute Gasteiger partial charge is 0.482 e. The Bertz CT molecular complexity index is 713. The number of carboxylic acid groups (broad SMARTS) is 1. The molecule has 2 aromatic rings. The molecule has 0 aliphatic rings. The van der Waals surface area contributed by atoms with Crippen LogP contribution in [0.1, 0.15) is 40.8 Å². The highest BCUT2D eigenvalue weighted by atomic mass is 16.5. The van der Waals surface area contributed by atoms with Gasteiger partial charge in [0.2, 0.25) is 16.9 Å². The number of rotatable bonds is 6. The van der Waals surface area contributed by atoms with Gasteiger partial charge < -0.3 is 14.3 Å². The van der Waals surface area contributed by atoms with Crippen molar-refractivity contribution in [1.29, 1.82) is 0 Å². The number of carboxylic acids is 1. The second-order valence-electron chi connectivity index (χ2n) is 5.06. The number of benzene rings is 1. The molecule has 116 valence electrons. The Morgan fingerprint density at radius 3 is 2.55 bits per heavy atom. The second-order valence-corrected chi connectivity index (χ2v) is 5.06. The molecule has 1 aromatic carbocycles. The first-order valence-electron chi connectivity index (χ1n) is 7.10. The normalized spacial score (nSPS) is 10.5. The Morgan fingerprint density at radius 2 is 1.95 bits per heavy atom. The lowest BCUT2D eigenvalue weighted by Gasteiger charge is -2.10. The summed E-state index contributed by atoms with van der Waals surface area (Å²) in [4.78, 5) is 23.0. The first kappa shape index (κ1) is 15.8. The maximum absolute atomic E-state index is 12.1. The lowest BCUT2D eigenvalue weighted by molar-refractivity contribution is 0.0655. The molecule has 0 aliphatic carbocycles. The van der Waals surface area contributed by atoms with Crippen LogP contribution in [0.15, 0.2) is 39.5 Å². The van der Waals surface area contributed by atoms with Gasteiger partial charge in [0.15, 0.2) is 5.76 Å². The van der Waals surface area contributed by atoms with E-state index in [1.165, 1.54) is 0 Å². The Morgan fingerprint density at radius 1 is 1.27 bits per heavy atom. The van der Waals surface area contributed by atoms with Gasteiger partial charge in [0.25, 0.3) is 0 Å². The molecule has 0 aliphatic heterocycles. The number of hydrogen-bond donors (Lipinski definition) is 1. The zero-order valence-electron chi connectivity index (χ0n) is 12.6. The average Bonchev–Trinajstić information content (AvgIpc) is 2.48. The van der Waals surface area contributed by atoms with Crippen LogP contribution in [0, 0.1) is 6.92 Å². The summed E-state index contributed by atoms with van der Waals surface area (Å²) >= 11 is 0. The SMILES string of the molecule is CCCc1oc(C(=O)O)cc(=O)c1OCc1ccc(C)cc1. The van der Waals surface area contributed by atoms with Crippen molar-refractivity contribution in [1.82, 2.24) is 0 Å². The van der Waals surface area contributed by atoms with Gasteiger partial charge in [-0.1, -0.05) is 36.8 Å². The zero-order chi connectivity index (χ0) is 16.1. The van der Waals surface area contributed by atoms with Crippen LogP contribution in [-0.2, 0) is 13.0 Å². The number of aromatic carboxylic acids is 1. The van der Waals surface area contributed by atoms with Crippen LogP contribution in [0.2, 0.25) is 0 Å². The van der Waals surface area contributed by atoms with Crippen LogP contribution in [0.3, 0.4) is 0 Å². The predicted octanol–water partition coefficient (Wildman–Crippen LogP) is 3.18. The van der Waals surface area contributed by atoms with Crippen molar-refractivity contribution in [3.63, 3.8) is 0 Å². The Hall–Kier alpha value is -2.56. The maximum atomic E-state index is 12.1. The summed E-state index contributed by atoms with van der Waals surface area (Å²) in [5.41, 5.74) is 1.59. The summed E-state index contributed by atoms with van der Waals surface area (Å²) in [6, 6.07) is 8.71. The van der Waals surface area contributed by atoms with E-state index in [1.807, 2.05) is 38.1 Å². The minimum absolute atomic E-state index is 0.0902. The van der Waals surface area contributed by atoms with Gasteiger partial charge in [0.1, 0.15) is 6.61 Å². The van der Waals surface area contributed by atoms with Crippen molar-refractivity contribution in [2.75, 3.05) is 0 Å². The minimum Gasteiger partial charge on any atom is -0.482 e. The number of ether oxygens (including phenoxy) is 1. The van der Waals surface area contributed by atoms with Crippen molar-refractivity contribution in [2.45, 2.75) is 33.3 Å². The highest BCUT2D eigenvalue weighted by Gasteiger charge is 2.17. The highest BCUT2D eigenvalue weighted by molar-refractivity contribution is 5.84. The summed E-state index contributed by atoms with van der Waals surface area (Å²) < 4.78 is 10.9. The first-order valence-corrected chi connectivity index (χ1v) is 7.10. The van der Waals surface area contributed by atoms with Gasteiger partial charge >= 0.3 is 5.97 Å². The molecule has 0 spiro atoms. The van der Waals surface area contributed by atoms with E-state index in [9.17, 15) is 9.59 Å². The molecule has 0 radical (unpaired) electrons. The van der Waals surface area contributed by atoms with E-state index in [1.54, 1.807) is 0 Å². The van der Waals surface area contributed by atoms with Gasteiger partial charge in [0, 0.05) is 12.5 Å². The summed E-state index contributed by atoms with van der Waals surface area (Å²) in [7, 11) is 0. The molecule has 0 atom stereocenters. The van der Waals surface area contributed by atoms with Crippen molar-refractivity contribution in [3.05, 3.63) is 63.2 Å². The Labute approximate surface area is 128 Å². The van der Waals surface area contributed by atoms with E-state index in [0.29, 0.717) is 12.8 Å². The Balaban J connectivity index is 2.27. The molecule has 0 fully saturated rings. The molecule has 0 amide bonds. The smallest absolute Gasteiger partial charge is 0.371 e. The van der Waals surface area contributed by atoms with Crippen LogP contribution in [0.4, 0.5) is 0 Å². The Kier molecular flexibility index (Phi) is 4.99. The van der Waals surface area contributed by atoms with E-state index < -0.39 is 11.4 Å². The molecule has 0 saturated heterocycles. The predicted molar refractivity (Wildman–Crippen MR) is 81.4 cm³/mol. The molecule has 0 bridgehead atoms. The molecule has 1 heterocycles. The topological polar surface area (TPSA) is 76.7 Å². The average molecular weight is 302 g/mol. The molecule has 1 aromatic heterocycles. The second kappa shape index (κ2) is 6.93. The highest BCUT2D eigenvalue weighted by Crippen LogP contribution is 2.19. The molecule has 0 unspecified atom stereocenters. The molecule has 1 N–H and O–H groups in total. The van der Waals surface area contributed by atoms with Gasteiger partial charge in [-0.15, -0.1) is 0 Å². The molecular weight excluding hydrogens is 284 g/mol. The van der Waals surface area contributed by atoms with Crippen LogP contribution in [0.25, 0.3) is 0 Å². The molecule has 0 saturated carbocycles. The number of aryl methyl sites for hydroxylation is 2. The summed E-state index contributed by atoms with van der Waals surface area (Å²) in [5, 5.41) is 8.95. The van der Waals surface area contributed by atoms with Crippen molar-refractivity contribution in [3.8, 4) is 5.75 Å². The van der Waals surface area contributed by atoms with E-state index >= 15 is 0 Å². The van der Waals surface area contributed by atoms with Gasteiger partial charge in [-0.3, -0.25) is 4.79 Å². The van der Waals surface area contributed by atoms with E-state index in [0.717, 1.165) is 17.2 Å². The first-order chi connectivity index (χ1) is 10.5. The molecule has 2 rings (SSSR count). The van der Waals surface area contributed by atoms with Crippen LogP contribution < -0.4 is 10.2 Å². The minimum atomic E-state index is -1.26. The fraction of sp³-hybridized carbons (Fsp3) is 0.294. The molecule has 5 heteroatoms. The fourth-order valence-corrected chi connectivity index (χ4v) is 2.02. The van der Waals surface area contributed by atoms with E-state index in [-0.39, 0.29) is 23.9 Å². The van der Waals surface area contributed by atoms with Crippen LogP contribution in [-0.4, -0.2) is 11.1 Å². The van der Waals surface area contributed by atoms with Crippen molar-refractivity contribution < 1.29 is 19.1 Å². The number of carbonyl (C=O) groups is 1. The standard InChI is InChI=1S/C17H18O5/c1-3-4-14-16(13(18)9-15(22-14)17(19)20)21-10-12-7-5-11(2)6-8-12/h5-9H,3-4,10H2,1-2H3,(H,19,20). The quantitative estimate of drug-likeness (QED) is 0.886. The molecular formula is C17H18O5. The summed E-state index contributed by atoms with van der Waals surface area (Å²) in [6.45, 7) is 4.13. The van der Waals surface area contributed by atoms with Crippen molar-refractivity contribution in [2.24, 2.45) is 0 Å². The van der Waals surface area contributed by atoms with Crippen LogP contribution >= 0.6 is 0 Å². The van der Waals surface area contributed by atoms with Gasteiger partial charge in [0.05, 0.1) is 0 Å². The molecule has 5 nitrogen and oxygen atoms in total. The summed E-state index contributed by atoms with van der Waals surface area (Å²) in [5.74, 6) is -1.26.